The summed E-state index contributed by atoms with van der Waals surface area (Å²) in [6.45, 7) is 2.03. The Labute approximate surface area is 142 Å². The van der Waals surface area contributed by atoms with Crippen molar-refractivity contribution < 1.29 is 4.79 Å². The monoisotopic (exact) mass is 325 g/mol. The van der Waals surface area contributed by atoms with Crippen molar-refractivity contribution in [2.45, 2.75) is 38.6 Å². The van der Waals surface area contributed by atoms with Gasteiger partial charge in [-0.1, -0.05) is 11.6 Å². The summed E-state index contributed by atoms with van der Waals surface area (Å²) in [6.07, 6.45) is 10.4. The Morgan fingerprint density at radius 3 is 2.96 bits per heavy atom. The lowest BCUT2D eigenvalue weighted by Gasteiger charge is -2.21. The molecule has 0 unspecified atom stereocenters. The maximum absolute atomic E-state index is 12.3. The third-order valence-electron chi connectivity index (χ3n) is 4.31. The van der Waals surface area contributed by atoms with E-state index in [4.69, 9.17) is 0 Å². The molecule has 6 heteroatoms. The zero-order chi connectivity index (χ0) is 16.9. The largest absolute Gasteiger partial charge is 0.332 e. The van der Waals surface area contributed by atoms with E-state index in [0.717, 1.165) is 24.1 Å². The van der Waals surface area contributed by atoms with E-state index in [-0.39, 0.29) is 12.1 Å². The lowest BCUT2D eigenvalue weighted by atomic mass is 9.95. The van der Waals surface area contributed by atoms with Gasteiger partial charge in [0.1, 0.15) is 5.82 Å². The molecule has 2 aromatic rings. The Bertz CT molecular complexity index is 735. The molecule has 0 aliphatic heterocycles. The van der Waals surface area contributed by atoms with Crippen molar-refractivity contribution >= 4 is 11.8 Å². The van der Waals surface area contributed by atoms with E-state index in [1.54, 1.807) is 17.1 Å². The third kappa shape index (κ3) is 3.82. The molecule has 0 bridgehead atoms. The van der Waals surface area contributed by atoms with Crippen LogP contribution in [0.25, 0.3) is 11.3 Å². The molecule has 0 saturated heterocycles. The highest BCUT2D eigenvalue weighted by Crippen LogP contribution is 2.21. The second kappa shape index (κ2) is 7.29. The number of carbonyl (C=O) groups excluding carboxylic acids is 1. The fourth-order valence-corrected chi connectivity index (χ4v) is 2.94. The Kier molecular flexibility index (Phi) is 4.93. The normalized spacial score (nSPS) is 15.5. The van der Waals surface area contributed by atoms with Crippen LogP contribution in [0.2, 0.25) is 0 Å². The number of nitrogens with zero attached hydrogens (tertiary/aromatic N) is 3. The molecule has 2 amide bonds. The summed E-state index contributed by atoms with van der Waals surface area (Å²) in [5.41, 5.74) is 3.02. The Hall–Kier alpha value is -2.63. The minimum atomic E-state index is -0.213. The highest BCUT2D eigenvalue weighted by Gasteiger charge is 2.15. The van der Waals surface area contributed by atoms with Crippen molar-refractivity contribution in [3.05, 3.63) is 42.2 Å². The fourth-order valence-electron chi connectivity index (χ4n) is 2.94. The third-order valence-corrected chi connectivity index (χ3v) is 4.31. The van der Waals surface area contributed by atoms with Crippen LogP contribution in [0, 0.1) is 0 Å². The molecular weight excluding hydrogens is 302 g/mol. The van der Waals surface area contributed by atoms with Gasteiger partial charge >= 0.3 is 6.03 Å². The van der Waals surface area contributed by atoms with Crippen LogP contribution in [0.1, 0.15) is 32.6 Å². The summed E-state index contributed by atoms with van der Waals surface area (Å²) in [7, 11) is 1.81. The summed E-state index contributed by atoms with van der Waals surface area (Å²) in [4.78, 5) is 16.4. The average Bonchev–Trinajstić information content (AvgIpc) is 2.97. The van der Waals surface area contributed by atoms with Crippen molar-refractivity contribution in [1.29, 1.82) is 0 Å². The summed E-state index contributed by atoms with van der Waals surface area (Å²) in [5.74, 6) is 0.649. The van der Waals surface area contributed by atoms with E-state index in [2.05, 4.69) is 26.8 Å². The van der Waals surface area contributed by atoms with Gasteiger partial charge in [0.2, 0.25) is 0 Å². The van der Waals surface area contributed by atoms with Crippen LogP contribution in [0.4, 0.5) is 10.6 Å². The van der Waals surface area contributed by atoms with Gasteiger partial charge in [-0.25, -0.2) is 4.79 Å². The van der Waals surface area contributed by atoms with E-state index in [0.29, 0.717) is 5.82 Å². The van der Waals surface area contributed by atoms with Crippen LogP contribution in [0.5, 0.6) is 0 Å². The molecule has 1 aliphatic rings. The van der Waals surface area contributed by atoms with Gasteiger partial charge in [-0.3, -0.25) is 15.0 Å². The molecular formula is C18H23N5O. The first kappa shape index (κ1) is 16.2. The number of hydrogen-bond acceptors (Lipinski definition) is 3. The number of amides is 2. The van der Waals surface area contributed by atoms with Gasteiger partial charge in [0.25, 0.3) is 0 Å². The lowest BCUT2D eigenvalue weighted by molar-refractivity contribution is 0.250. The number of anilines is 1. The van der Waals surface area contributed by atoms with Crippen LogP contribution in [-0.4, -0.2) is 26.8 Å². The van der Waals surface area contributed by atoms with Gasteiger partial charge in [-0.05, 0) is 44.7 Å². The number of hydrogen-bond donors (Lipinski definition) is 2. The zero-order valence-corrected chi connectivity index (χ0v) is 14.1. The van der Waals surface area contributed by atoms with Crippen molar-refractivity contribution in [2.75, 3.05) is 5.32 Å². The predicted molar refractivity (Wildman–Crippen MR) is 94.6 cm³/mol. The molecule has 1 aliphatic carbocycles. The second-order valence-electron chi connectivity index (χ2n) is 6.13. The minimum Gasteiger partial charge on any atom is -0.332 e. The standard InChI is InChI=1S/C18H23N5O/c1-13(14-7-4-3-5-8-14)20-18(24)21-17-11-16(22-23(17)2)15-9-6-10-19-12-15/h6-7,9-13H,3-5,8H2,1-2H3,(H2,20,21,24)/t13-/m0/s1. The molecule has 0 saturated carbocycles. The number of aryl methyl sites for hydroxylation is 1. The van der Waals surface area contributed by atoms with Crippen molar-refractivity contribution in [3.8, 4) is 11.3 Å². The molecule has 126 valence electrons. The fraction of sp³-hybridized carbons (Fsp3) is 0.389. The van der Waals surface area contributed by atoms with E-state index >= 15 is 0 Å². The van der Waals surface area contributed by atoms with Crippen LogP contribution < -0.4 is 10.6 Å². The molecule has 0 spiro atoms. The maximum atomic E-state index is 12.3. The first-order valence-corrected chi connectivity index (χ1v) is 8.34. The number of pyridine rings is 1. The second-order valence-corrected chi connectivity index (χ2v) is 6.13. The number of allylic oxidation sites excluding steroid dienone is 1. The van der Waals surface area contributed by atoms with Crippen molar-refractivity contribution in [2.24, 2.45) is 7.05 Å². The van der Waals surface area contributed by atoms with Gasteiger partial charge in [-0.15, -0.1) is 0 Å². The van der Waals surface area contributed by atoms with E-state index < -0.39 is 0 Å². The van der Waals surface area contributed by atoms with Crippen molar-refractivity contribution in [3.63, 3.8) is 0 Å². The molecule has 1 atom stereocenters. The van der Waals surface area contributed by atoms with Gasteiger partial charge in [0, 0.05) is 37.1 Å². The summed E-state index contributed by atoms with van der Waals surface area (Å²) in [5, 5.41) is 10.3. The van der Waals surface area contributed by atoms with Gasteiger partial charge in [-0.2, -0.15) is 5.10 Å². The topological polar surface area (TPSA) is 71.8 Å². The summed E-state index contributed by atoms with van der Waals surface area (Å²) < 4.78 is 1.66. The van der Waals surface area contributed by atoms with Crippen molar-refractivity contribution in [1.82, 2.24) is 20.1 Å². The Morgan fingerprint density at radius 2 is 2.25 bits per heavy atom. The first-order valence-electron chi connectivity index (χ1n) is 8.34. The molecule has 2 heterocycles. The molecule has 24 heavy (non-hydrogen) atoms. The van der Waals surface area contributed by atoms with E-state index in [9.17, 15) is 4.79 Å². The molecule has 2 N–H and O–H groups in total. The van der Waals surface area contributed by atoms with Gasteiger partial charge in [0.05, 0.1) is 5.69 Å². The number of aromatic nitrogens is 3. The number of urea groups is 1. The summed E-state index contributed by atoms with van der Waals surface area (Å²) in [6, 6.07) is 5.49. The molecule has 0 radical (unpaired) electrons. The minimum absolute atomic E-state index is 0.0521. The van der Waals surface area contributed by atoms with Crippen LogP contribution in [0.15, 0.2) is 42.2 Å². The summed E-state index contributed by atoms with van der Waals surface area (Å²) >= 11 is 0. The molecule has 2 aromatic heterocycles. The molecule has 3 rings (SSSR count). The van der Waals surface area contributed by atoms with Gasteiger partial charge < -0.3 is 5.32 Å². The Morgan fingerprint density at radius 1 is 1.38 bits per heavy atom. The average molecular weight is 325 g/mol. The van der Waals surface area contributed by atoms with E-state index in [1.807, 2.05) is 32.2 Å². The quantitative estimate of drug-likeness (QED) is 0.845. The van der Waals surface area contributed by atoms with E-state index in [1.165, 1.54) is 18.4 Å². The van der Waals surface area contributed by atoms with Crippen LogP contribution >= 0.6 is 0 Å². The molecule has 0 fully saturated rings. The zero-order valence-electron chi connectivity index (χ0n) is 14.1. The molecule has 0 aromatic carbocycles. The smallest absolute Gasteiger partial charge is 0.320 e. The number of carbonyl (C=O) groups is 1. The van der Waals surface area contributed by atoms with Gasteiger partial charge in [0.15, 0.2) is 0 Å². The predicted octanol–water partition coefficient (Wildman–Crippen LogP) is 3.49. The van der Waals surface area contributed by atoms with Crippen LogP contribution in [0.3, 0.4) is 0 Å². The SMILES string of the molecule is C[C@H](NC(=O)Nc1cc(-c2cccnc2)nn1C)C1=CCCCC1. The highest BCUT2D eigenvalue weighted by molar-refractivity contribution is 5.89. The number of nitrogens with one attached hydrogen (secondary N) is 2. The first-order chi connectivity index (χ1) is 11.6. The van der Waals surface area contributed by atoms with Crippen LogP contribution in [-0.2, 0) is 7.05 Å². The maximum Gasteiger partial charge on any atom is 0.320 e. The molecule has 6 nitrogen and oxygen atoms in total. The lowest BCUT2D eigenvalue weighted by Crippen LogP contribution is -2.38. The Balaban J connectivity index is 1.64. The number of rotatable bonds is 4. The highest BCUT2D eigenvalue weighted by atomic mass is 16.2.